The highest BCUT2D eigenvalue weighted by molar-refractivity contribution is 5.76. The molecule has 5 heteroatoms. The maximum absolute atomic E-state index is 11.2. The first-order valence-electron chi connectivity index (χ1n) is 4.47. The third-order valence-corrected chi connectivity index (χ3v) is 2.09. The van der Waals surface area contributed by atoms with Crippen molar-refractivity contribution in [1.29, 1.82) is 0 Å². The molecule has 1 aliphatic heterocycles. The number of esters is 1. The summed E-state index contributed by atoms with van der Waals surface area (Å²) < 4.78 is 15.3. The maximum Gasteiger partial charge on any atom is 0.350 e. The minimum atomic E-state index is -0.718. The molecule has 0 saturated heterocycles. The maximum atomic E-state index is 11.2. The molecule has 2 N–H and O–H groups in total. The highest BCUT2D eigenvalue weighted by Gasteiger charge is 2.28. The summed E-state index contributed by atoms with van der Waals surface area (Å²) in [6.07, 6.45) is -0.718. The normalized spacial score (nSPS) is 18.3. The fourth-order valence-electron chi connectivity index (χ4n) is 1.34. The van der Waals surface area contributed by atoms with Gasteiger partial charge in [0, 0.05) is 11.8 Å². The fourth-order valence-corrected chi connectivity index (χ4v) is 1.34. The SMILES string of the molecule is COC(=O)C1COc2ccc(N)cc2O1. The average molecular weight is 209 g/mol. The first kappa shape index (κ1) is 9.64. The zero-order valence-corrected chi connectivity index (χ0v) is 8.23. The van der Waals surface area contributed by atoms with E-state index in [0.717, 1.165) is 0 Å². The van der Waals surface area contributed by atoms with Crippen LogP contribution in [0.2, 0.25) is 0 Å². The Morgan fingerprint density at radius 2 is 2.33 bits per heavy atom. The van der Waals surface area contributed by atoms with Gasteiger partial charge in [-0.05, 0) is 12.1 Å². The van der Waals surface area contributed by atoms with Crippen molar-refractivity contribution in [3.63, 3.8) is 0 Å². The molecular weight excluding hydrogens is 198 g/mol. The van der Waals surface area contributed by atoms with Crippen molar-refractivity contribution >= 4 is 11.7 Å². The first-order chi connectivity index (χ1) is 7.20. The lowest BCUT2D eigenvalue weighted by molar-refractivity contribution is -0.151. The molecule has 0 bridgehead atoms. The summed E-state index contributed by atoms with van der Waals surface area (Å²) >= 11 is 0. The molecule has 5 nitrogen and oxygen atoms in total. The van der Waals surface area contributed by atoms with Gasteiger partial charge in [0.25, 0.3) is 0 Å². The van der Waals surface area contributed by atoms with Gasteiger partial charge < -0.3 is 19.9 Å². The third-order valence-electron chi connectivity index (χ3n) is 2.09. The fraction of sp³-hybridized carbons (Fsp3) is 0.300. The molecule has 0 spiro atoms. The minimum Gasteiger partial charge on any atom is -0.485 e. The van der Waals surface area contributed by atoms with Crippen LogP contribution in [-0.2, 0) is 9.53 Å². The third kappa shape index (κ3) is 1.81. The van der Waals surface area contributed by atoms with E-state index < -0.39 is 12.1 Å². The Labute approximate surface area is 86.7 Å². The second-order valence-electron chi connectivity index (χ2n) is 3.15. The molecule has 0 amide bonds. The van der Waals surface area contributed by atoms with Gasteiger partial charge in [-0.3, -0.25) is 0 Å². The molecule has 0 fully saturated rings. The molecule has 15 heavy (non-hydrogen) atoms. The zero-order chi connectivity index (χ0) is 10.8. The van der Waals surface area contributed by atoms with E-state index in [1.54, 1.807) is 18.2 Å². The van der Waals surface area contributed by atoms with Crippen molar-refractivity contribution in [1.82, 2.24) is 0 Å². The summed E-state index contributed by atoms with van der Waals surface area (Å²) in [6.45, 7) is 0.156. The molecule has 0 aliphatic carbocycles. The summed E-state index contributed by atoms with van der Waals surface area (Å²) in [5.74, 6) is 0.601. The van der Waals surface area contributed by atoms with Crippen molar-refractivity contribution in [3.05, 3.63) is 18.2 Å². The van der Waals surface area contributed by atoms with Crippen LogP contribution in [0.1, 0.15) is 0 Å². The molecule has 2 rings (SSSR count). The lowest BCUT2D eigenvalue weighted by atomic mass is 10.2. The molecule has 1 heterocycles. The molecule has 80 valence electrons. The molecule has 1 aromatic carbocycles. The van der Waals surface area contributed by atoms with Crippen molar-refractivity contribution in [3.8, 4) is 11.5 Å². The summed E-state index contributed by atoms with van der Waals surface area (Å²) in [5, 5.41) is 0. The number of ether oxygens (including phenoxy) is 3. The molecule has 1 atom stereocenters. The Morgan fingerprint density at radius 1 is 1.53 bits per heavy atom. The zero-order valence-electron chi connectivity index (χ0n) is 8.23. The van der Waals surface area contributed by atoms with Crippen LogP contribution in [0.15, 0.2) is 18.2 Å². The van der Waals surface area contributed by atoms with E-state index in [1.807, 2.05) is 0 Å². The Balaban J connectivity index is 2.22. The summed E-state index contributed by atoms with van der Waals surface area (Å²) in [7, 11) is 1.31. The van der Waals surface area contributed by atoms with Crippen molar-refractivity contribution in [2.75, 3.05) is 19.5 Å². The number of hydrogen-bond acceptors (Lipinski definition) is 5. The number of fused-ring (bicyclic) bond motifs is 1. The van der Waals surface area contributed by atoms with Gasteiger partial charge in [0.15, 0.2) is 11.5 Å². The van der Waals surface area contributed by atoms with Crippen LogP contribution in [0.5, 0.6) is 11.5 Å². The summed E-state index contributed by atoms with van der Waals surface area (Å²) in [4.78, 5) is 11.2. The number of rotatable bonds is 1. The number of carbonyl (C=O) groups is 1. The lowest BCUT2D eigenvalue weighted by Crippen LogP contribution is -2.37. The van der Waals surface area contributed by atoms with Crippen molar-refractivity contribution in [2.24, 2.45) is 0 Å². The Hall–Kier alpha value is -1.91. The quantitative estimate of drug-likeness (QED) is 0.541. The molecular formula is C10H11NO4. The van der Waals surface area contributed by atoms with Gasteiger partial charge in [0.05, 0.1) is 7.11 Å². The van der Waals surface area contributed by atoms with Gasteiger partial charge in [0.1, 0.15) is 6.61 Å². The molecule has 0 aromatic heterocycles. The largest absolute Gasteiger partial charge is 0.485 e. The van der Waals surface area contributed by atoms with Crippen LogP contribution in [0.3, 0.4) is 0 Å². The second-order valence-corrected chi connectivity index (χ2v) is 3.15. The average Bonchev–Trinajstić information content (AvgIpc) is 2.27. The van der Waals surface area contributed by atoms with E-state index in [-0.39, 0.29) is 6.61 Å². The summed E-state index contributed by atoms with van der Waals surface area (Å²) in [6, 6.07) is 5.03. The Bertz CT molecular complexity index is 391. The van der Waals surface area contributed by atoms with Crippen LogP contribution < -0.4 is 15.2 Å². The van der Waals surface area contributed by atoms with Gasteiger partial charge in [0.2, 0.25) is 6.10 Å². The number of benzene rings is 1. The Kier molecular flexibility index (Phi) is 2.37. The predicted molar refractivity (Wildman–Crippen MR) is 52.8 cm³/mol. The van der Waals surface area contributed by atoms with E-state index in [0.29, 0.717) is 17.2 Å². The van der Waals surface area contributed by atoms with Crippen LogP contribution in [0.25, 0.3) is 0 Å². The number of nitrogen functional groups attached to an aromatic ring is 1. The van der Waals surface area contributed by atoms with Crippen LogP contribution in [0.4, 0.5) is 5.69 Å². The second kappa shape index (κ2) is 3.68. The first-order valence-corrected chi connectivity index (χ1v) is 4.47. The van der Waals surface area contributed by atoms with Crippen molar-refractivity contribution < 1.29 is 19.0 Å². The van der Waals surface area contributed by atoms with Gasteiger partial charge in [-0.2, -0.15) is 0 Å². The molecule has 1 aromatic rings. The monoisotopic (exact) mass is 209 g/mol. The number of hydrogen-bond donors (Lipinski definition) is 1. The standard InChI is InChI=1S/C10H11NO4/c1-13-10(12)9-5-14-7-3-2-6(11)4-8(7)15-9/h2-4,9H,5,11H2,1H3. The Morgan fingerprint density at radius 3 is 3.07 bits per heavy atom. The topological polar surface area (TPSA) is 70.8 Å². The van der Waals surface area contributed by atoms with E-state index in [4.69, 9.17) is 15.2 Å². The van der Waals surface area contributed by atoms with E-state index in [1.165, 1.54) is 7.11 Å². The van der Waals surface area contributed by atoms with Crippen LogP contribution in [-0.4, -0.2) is 25.8 Å². The number of methoxy groups -OCH3 is 1. The smallest absolute Gasteiger partial charge is 0.350 e. The van der Waals surface area contributed by atoms with Crippen LogP contribution in [0, 0.1) is 0 Å². The summed E-state index contributed by atoms with van der Waals surface area (Å²) in [5.41, 5.74) is 6.14. The molecule has 0 radical (unpaired) electrons. The highest BCUT2D eigenvalue weighted by atomic mass is 16.6. The molecule has 0 saturated carbocycles. The van der Waals surface area contributed by atoms with Gasteiger partial charge >= 0.3 is 5.97 Å². The van der Waals surface area contributed by atoms with E-state index in [2.05, 4.69) is 4.74 Å². The predicted octanol–water partition coefficient (Wildman–Crippen LogP) is 0.582. The van der Waals surface area contributed by atoms with Gasteiger partial charge in [-0.1, -0.05) is 0 Å². The van der Waals surface area contributed by atoms with Crippen molar-refractivity contribution in [2.45, 2.75) is 6.10 Å². The lowest BCUT2D eigenvalue weighted by Gasteiger charge is -2.24. The van der Waals surface area contributed by atoms with E-state index >= 15 is 0 Å². The number of nitrogens with two attached hydrogens (primary N) is 1. The number of anilines is 1. The molecule has 1 aliphatic rings. The number of carbonyl (C=O) groups excluding carboxylic acids is 1. The van der Waals surface area contributed by atoms with Gasteiger partial charge in [-0.15, -0.1) is 0 Å². The highest BCUT2D eigenvalue weighted by Crippen LogP contribution is 2.33. The molecule has 1 unspecified atom stereocenters. The van der Waals surface area contributed by atoms with E-state index in [9.17, 15) is 4.79 Å². The van der Waals surface area contributed by atoms with Gasteiger partial charge in [-0.25, -0.2) is 4.79 Å². The minimum absolute atomic E-state index is 0.156. The van der Waals surface area contributed by atoms with Crippen LogP contribution >= 0.6 is 0 Å².